The molecule has 1 aromatic carbocycles. The smallest absolute Gasteiger partial charge is 0.0774 e. The highest BCUT2D eigenvalue weighted by molar-refractivity contribution is 7.11. The van der Waals surface area contributed by atoms with Crippen LogP contribution in [0.2, 0.25) is 0 Å². The lowest BCUT2D eigenvalue weighted by molar-refractivity contribution is 0.283. The molecule has 1 N–H and O–H groups in total. The lowest BCUT2D eigenvalue weighted by atomic mass is 10.1. The van der Waals surface area contributed by atoms with Crippen molar-refractivity contribution in [1.29, 1.82) is 0 Å². The molecule has 3 heteroatoms. The molecule has 28 heavy (non-hydrogen) atoms. The molecule has 0 aliphatic rings. The number of aryl methyl sites for hydroxylation is 3. The summed E-state index contributed by atoms with van der Waals surface area (Å²) in [5.74, 6) is 0. The Morgan fingerprint density at radius 1 is 1.21 bits per heavy atom. The molecule has 0 amide bonds. The summed E-state index contributed by atoms with van der Waals surface area (Å²) in [6, 6.07) is 13.4. The summed E-state index contributed by atoms with van der Waals surface area (Å²) >= 11 is 1.72. The number of hydrogen-bond acceptors (Lipinski definition) is 3. The van der Waals surface area contributed by atoms with Crippen LogP contribution in [-0.2, 0) is 19.4 Å². The lowest BCUT2D eigenvalue weighted by Crippen LogP contribution is -2.32. The van der Waals surface area contributed by atoms with Gasteiger partial charge in [-0.1, -0.05) is 55.5 Å². The van der Waals surface area contributed by atoms with Crippen molar-refractivity contribution in [3.05, 3.63) is 81.7 Å². The molecule has 0 saturated carbocycles. The van der Waals surface area contributed by atoms with E-state index in [2.05, 4.69) is 74.7 Å². The van der Waals surface area contributed by atoms with Crippen LogP contribution in [0.5, 0.6) is 0 Å². The van der Waals surface area contributed by atoms with Gasteiger partial charge in [-0.25, -0.2) is 0 Å². The summed E-state index contributed by atoms with van der Waals surface area (Å²) < 4.78 is 0. The summed E-state index contributed by atoms with van der Waals surface area (Å²) in [5.41, 5.74) is 3.88. The molecule has 2 nitrogen and oxygen atoms in total. The normalized spacial score (nSPS) is 12.4. The average Bonchev–Trinajstić information content (AvgIpc) is 3.14. The van der Waals surface area contributed by atoms with Gasteiger partial charge in [0.25, 0.3) is 0 Å². The Morgan fingerprint density at radius 2 is 2.00 bits per heavy atom. The van der Waals surface area contributed by atoms with Gasteiger partial charge in [-0.05, 0) is 63.6 Å². The number of nitrogens with zero attached hydrogens (tertiary/aromatic N) is 1. The number of benzene rings is 1. The van der Waals surface area contributed by atoms with Crippen LogP contribution >= 0.6 is 11.3 Å². The van der Waals surface area contributed by atoms with Crippen LogP contribution in [0.15, 0.2) is 60.8 Å². The molecular weight excluding hydrogens is 362 g/mol. The maximum Gasteiger partial charge on any atom is 0.0774 e. The Morgan fingerprint density at radius 3 is 2.64 bits per heavy atom. The van der Waals surface area contributed by atoms with E-state index in [0.29, 0.717) is 6.04 Å². The molecule has 0 spiro atoms. The Labute approximate surface area is 175 Å². The second kappa shape index (κ2) is 11.9. The maximum atomic E-state index is 9.21. The molecule has 2 aromatic rings. The Balaban J connectivity index is 1.85. The minimum atomic E-state index is 0.147. The van der Waals surface area contributed by atoms with Crippen molar-refractivity contribution in [1.82, 2.24) is 4.90 Å². The largest absolute Gasteiger partial charge is 0.391 e. The molecule has 2 rings (SSSR count). The fourth-order valence-electron chi connectivity index (χ4n) is 3.54. The first-order chi connectivity index (χ1) is 13.5. The molecular formula is C25H35NOS. The second-order valence-corrected chi connectivity index (χ2v) is 8.74. The van der Waals surface area contributed by atoms with Crippen LogP contribution < -0.4 is 0 Å². The Hall–Kier alpha value is -1.84. The van der Waals surface area contributed by atoms with Crippen LogP contribution in [0, 0.1) is 6.92 Å². The lowest BCUT2D eigenvalue weighted by Gasteiger charge is -2.31. The van der Waals surface area contributed by atoms with Crippen LogP contribution in [0.3, 0.4) is 0 Å². The second-order valence-electron chi connectivity index (χ2n) is 7.49. The first-order valence-electron chi connectivity index (χ1n) is 10.4. The predicted octanol–water partition coefficient (Wildman–Crippen LogP) is 6.28. The molecule has 0 fully saturated rings. The van der Waals surface area contributed by atoms with E-state index in [1.807, 2.05) is 6.07 Å². The summed E-state index contributed by atoms with van der Waals surface area (Å²) in [4.78, 5) is 4.84. The number of aliphatic hydroxyl groups is 1. The van der Waals surface area contributed by atoms with Crippen molar-refractivity contribution < 1.29 is 5.11 Å². The fourth-order valence-corrected chi connectivity index (χ4v) is 4.46. The Kier molecular flexibility index (Phi) is 9.52. The number of allylic oxidation sites excluding steroid dienone is 2. The van der Waals surface area contributed by atoms with Gasteiger partial charge in [0.1, 0.15) is 0 Å². The monoisotopic (exact) mass is 397 g/mol. The molecule has 0 aliphatic heterocycles. The van der Waals surface area contributed by atoms with Crippen LogP contribution in [0.1, 0.15) is 54.0 Å². The summed E-state index contributed by atoms with van der Waals surface area (Å²) in [7, 11) is 0. The first-order valence-corrected chi connectivity index (χ1v) is 11.2. The van der Waals surface area contributed by atoms with Crippen molar-refractivity contribution >= 4 is 11.3 Å². The van der Waals surface area contributed by atoms with Crippen LogP contribution in [-0.4, -0.2) is 22.6 Å². The van der Waals surface area contributed by atoms with Crippen molar-refractivity contribution in [3.63, 3.8) is 0 Å². The van der Waals surface area contributed by atoms with Gasteiger partial charge in [-0.3, -0.25) is 0 Å². The van der Waals surface area contributed by atoms with Crippen molar-refractivity contribution in [3.8, 4) is 0 Å². The fraction of sp³-hybridized carbons (Fsp3) is 0.440. The summed E-state index contributed by atoms with van der Waals surface area (Å²) in [6.45, 7) is 11.9. The van der Waals surface area contributed by atoms with E-state index < -0.39 is 0 Å². The van der Waals surface area contributed by atoms with Crippen molar-refractivity contribution in [2.45, 2.75) is 65.5 Å². The zero-order chi connectivity index (χ0) is 20.4. The zero-order valence-electron chi connectivity index (χ0n) is 17.7. The van der Waals surface area contributed by atoms with Crippen molar-refractivity contribution in [2.75, 3.05) is 6.54 Å². The van der Waals surface area contributed by atoms with E-state index >= 15 is 0 Å². The third kappa shape index (κ3) is 7.29. The minimum absolute atomic E-state index is 0.147. The number of hydrogen-bond donors (Lipinski definition) is 1. The summed E-state index contributed by atoms with van der Waals surface area (Å²) in [5, 5.41) is 9.21. The van der Waals surface area contributed by atoms with Gasteiger partial charge in [-0.15, -0.1) is 11.3 Å². The van der Waals surface area contributed by atoms with Gasteiger partial charge in [0.15, 0.2) is 0 Å². The molecule has 0 bridgehead atoms. The average molecular weight is 398 g/mol. The molecule has 152 valence electrons. The van der Waals surface area contributed by atoms with E-state index in [4.69, 9.17) is 0 Å². The van der Waals surface area contributed by atoms with Crippen LogP contribution in [0.4, 0.5) is 0 Å². The van der Waals surface area contributed by atoms with Gasteiger partial charge < -0.3 is 10.0 Å². The molecule has 0 saturated heterocycles. The topological polar surface area (TPSA) is 23.5 Å². The van der Waals surface area contributed by atoms with E-state index in [9.17, 15) is 5.11 Å². The molecule has 1 aromatic heterocycles. The molecule has 0 aliphatic carbocycles. The minimum Gasteiger partial charge on any atom is -0.391 e. The van der Waals surface area contributed by atoms with Gasteiger partial charge in [0.05, 0.1) is 6.61 Å². The standard InChI is InChI=1S/C25H35NOS/c1-5-23(13-7-6-11-22-12-8-10-21(4)18-22)26(20(2)3)17-9-14-24-15-16-25(19-27)28-24/h7-8,10,12-13,15-16,18,23,27H,2,5-6,9,11,14,17,19H2,1,3-4H3/b13-7+. The molecule has 1 atom stereocenters. The highest BCUT2D eigenvalue weighted by Gasteiger charge is 2.13. The SMILES string of the molecule is C=C(C)N(CCCc1ccc(CO)s1)C(/C=C/CCc1cccc(C)c1)CC. The molecule has 0 radical (unpaired) electrons. The van der Waals surface area contributed by atoms with Crippen LogP contribution in [0.25, 0.3) is 0 Å². The highest BCUT2D eigenvalue weighted by atomic mass is 32.1. The quantitative estimate of drug-likeness (QED) is 0.426. The Bertz CT molecular complexity index is 761. The zero-order valence-corrected chi connectivity index (χ0v) is 18.5. The number of aliphatic hydroxyl groups excluding tert-OH is 1. The van der Waals surface area contributed by atoms with E-state index in [-0.39, 0.29) is 6.61 Å². The highest BCUT2D eigenvalue weighted by Crippen LogP contribution is 2.20. The van der Waals surface area contributed by atoms with Gasteiger partial charge >= 0.3 is 0 Å². The third-order valence-electron chi connectivity index (χ3n) is 5.04. The number of thiophene rings is 1. The first kappa shape index (κ1) is 22.4. The third-order valence-corrected chi connectivity index (χ3v) is 6.17. The predicted molar refractivity (Wildman–Crippen MR) is 123 cm³/mol. The van der Waals surface area contributed by atoms with Gasteiger partial charge in [0, 0.05) is 28.0 Å². The van der Waals surface area contributed by atoms with E-state index in [0.717, 1.165) is 49.2 Å². The van der Waals surface area contributed by atoms with E-state index in [1.54, 1.807) is 11.3 Å². The summed E-state index contributed by atoms with van der Waals surface area (Å²) in [6.07, 6.45) is 10.1. The van der Waals surface area contributed by atoms with Gasteiger partial charge in [0.2, 0.25) is 0 Å². The van der Waals surface area contributed by atoms with Gasteiger partial charge in [-0.2, -0.15) is 0 Å². The molecule has 1 unspecified atom stereocenters. The molecule has 1 heterocycles. The maximum absolute atomic E-state index is 9.21. The number of rotatable bonds is 12. The van der Waals surface area contributed by atoms with E-state index in [1.165, 1.54) is 16.0 Å². The van der Waals surface area contributed by atoms with Crippen molar-refractivity contribution in [2.24, 2.45) is 0 Å².